The molecule has 162 valence electrons. The normalized spacial score (nSPS) is 12.5. The van der Waals surface area contributed by atoms with Crippen LogP contribution in [0.5, 0.6) is 23.0 Å². The molecular weight excluding hydrogens is 399 g/mol. The molecule has 2 aromatic carbocycles. The molecule has 0 atom stereocenters. The van der Waals surface area contributed by atoms with Crippen LogP contribution in [-0.2, 0) is 17.0 Å². The fourth-order valence-electron chi connectivity index (χ4n) is 3.23. The second-order valence-electron chi connectivity index (χ2n) is 8.72. The Kier molecular flexibility index (Phi) is 5.90. The maximum absolute atomic E-state index is 12.9. The minimum atomic E-state index is -4.81. The third kappa shape index (κ3) is 4.40. The van der Waals surface area contributed by atoms with E-state index in [9.17, 15) is 33.8 Å². The molecule has 0 saturated carbocycles. The first-order chi connectivity index (χ1) is 13.6. The van der Waals surface area contributed by atoms with Crippen LogP contribution in [-0.4, -0.2) is 21.9 Å². The summed E-state index contributed by atoms with van der Waals surface area (Å²) in [6, 6.07) is 6.76. The molecule has 8 heteroatoms. The first-order valence-corrected chi connectivity index (χ1v) is 9.13. The van der Waals surface area contributed by atoms with Crippen molar-refractivity contribution < 1.29 is 33.2 Å². The molecular formula is C22H24F3NO4. The Balaban J connectivity index is 2.39. The zero-order valence-electron chi connectivity index (χ0n) is 17.3. The molecule has 0 spiro atoms. The van der Waals surface area contributed by atoms with Gasteiger partial charge in [-0.1, -0.05) is 40.7 Å². The zero-order valence-corrected chi connectivity index (χ0v) is 17.3. The minimum absolute atomic E-state index is 0.0529. The van der Waals surface area contributed by atoms with Crippen molar-refractivity contribution in [2.24, 2.45) is 0 Å². The van der Waals surface area contributed by atoms with Crippen LogP contribution in [0.3, 0.4) is 0 Å². The first-order valence-electron chi connectivity index (χ1n) is 9.13. The third-order valence-electron chi connectivity index (χ3n) is 4.79. The molecule has 0 aromatic heterocycles. The highest BCUT2D eigenvalue weighted by Gasteiger charge is 2.37. The van der Waals surface area contributed by atoms with Crippen molar-refractivity contribution in [1.82, 2.24) is 0 Å². The molecule has 0 amide bonds. The molecule has 0 aliphatic carbocycles. The predicted molar refractivity (Wildman–Crippen MR) is 105 cm³/mol. The number of aromatic hydroxyl groups is 3. The van der Waals surface area contributed by atoms with E-state index in [0.717, 1.165) is 6.07 Å². The lowest BCUT2D eigenvalue weighted by atomic mass is 9.82. The van der Waals surface area contributed by atoms with Gasteiger partial charge in [0.05, 0.1) is 18.2 Å². The Morgan fingerprint density at radius 1 is 0.867 bits per heavy atom. The quantitative estimate of drug-likeness (QED) is 0.577. The summed E-state index contributed by atoms with van der Waals surface area (Å²) in [5.74, 6) is -2.22. The maximum atomic E-state index is 12.9. The summed E-state index contributed by atoms with van der Waals surface area (Å²) in [5.41, 5.74) is -2.13. The number of benzene rings is 2. The average molecular weight is 423 g/mol. The zero-order chi connectivity index (χ0) is 23.1. The van der Waals surface area contributed by atoms with Gasteiger partial charge in [0.2, 0.25) is 0 Å². The van der Waals surface area contributed by atoms with E-state index < -0.39 is 34.1 Å². The van der Waals surface area contributed by atoms with Crippen molar-refractivity contribution in [3.8, 4) is 29.1 Å². The highest BCUT2D eigenvalue weighted by molar-refractivity contribution is 5.57. The molecule has 5 nitrogen and oxygen atoms in total. The second-order valence-corrected chi connectivity index (χ2v) is 8.72. The second kappa shape index (κ2) is 7.63. The SMILES string of the molecule is CC(C)(C)c1c(C#N)ccc(OCC(C)(C)c2ccc(C(F)(F)F)c(O)c2O)c1O. The van der Waals surface area contributed by atoms with Crippen molar-refractivity contribution in [2.45, 2.75) is 51.6 Å². The van der Waals surface area contributed by atoms with Gasteiger partial charge in [0.15, 0.2) is 23.0 Å². The molecule has 0 aliphatic rings. The number of hydrogen-bond acceptors (Lipinski definition) is 5. The van der Waals surface area contributed by atoms with Gasteiger partial charge in [-0.2, -0.15) is 18.4 Å². The Bertz CT molecular complexity index is 999. The van der Waals surface area contributed by atoms with Gasteiger partial charge < -0.3 is 20.1 Å². The van der Waals surface area contributed by atoms with E-state index in [1.165, 1.54) is 12.1 Å². The Morgan fingerprint density at radius 3 is 1.90 bits per heavy atom. The van der Waals surface area contributed by atoms with Gasteiger partial charge in [0.1, 0.15) is 5.56 Å². The largest absolute Gasteiger partial charge is 0.504 e. The van der Waals surface area contributed by atoms with Crippen molar-refractivity contribution in [2.75, 3.05) is 6.61 Å². The van der Waals surface area contributed by atoms with E-state index in [1.54, 1.807) is 13.8 Å². The summed E-state index contributed by atoms with van der Waals surface area (Å²) in [6.07, 6.45) is -4.81. The van der Waals surface area contributed by atoms with E-state index in [2.05, 4.69) is 0 Å². The van der Waals surface area contributed by atoms with Crippen LogP contribution in [0.25, 0.3) is 0 Å². The van der Waals surface area contributed by atoms with Crippen molar-refractivity contribution >= 4 is 0 Å². The summed E-state index contributed by atoms with van der Waals surface area (Å²) in [6.45, 7) is 8.59. The highest BCUT2D eigenvalue weighted by atomic mass is 19.4. The Hall–Kier alpha value is -3.08. The number of halogens is 3. The van der Waals surface area contributed by atoms with Gasteiger partial charge >= 0.3 is 6.18 Å². The van der Waals surface area contributed by atoms with E-state index in [0.29, 0.717) is 17.2 Å². The monoisotopic (exact) mass is 423 g/mol. The summed E-state index contributed by atoms with van der Waals surface area (Å²) < 4.78 is 44.5. The molecule has 0 radical (unpaired) electrons. The summed E-state index contributed by atoms with van der Waals surface area (Å²) in [5, 5.41) is 39.9. The molecule has 0 saturated heterocycles. The highest BCUT2D eigenvalue weighted by Crippen LogP contribution is 2.46. The minimum Gasteiger partial charge on any atom is -0.504 e. The van der Waals surface area contributed by atoms with Crippen LogP contribution in [0.4, 0.5) is 13.2 Å². The van der Waals surface area contributed by atoms with Gasteiger partial charge in [0, 0.05) is 16.5 Å². The standard InChI is InChI=1S/C22H24F3NO4/c1-20(2,3)16-12(10-26)6-9-15(19(16)29)30-11-21(4,5)13-7-8-14(22(23,24)25)18(28)17(13)27/h6-9,27-29H,11H2,1-5H3. The van der Waals surface area contributed by atoms with Gasteiger partial charge in [0.25, 0.3) is 0 Å². The first kappa shape index (κ1) is 23.2. The topological polar surface area (TPSA) is 93.7 Å². The maximum Gasteiger partial charge on any atom is 0.420 e. The number of phenolic OH excluding ortho intramolecular Hbond substituents is 3. The van der Waals surface area contributed by atoms with E-state index in [4.69, 9.17) is 4.74 Å². The van der Waals surface area contributed by atoms with Crippen molar-refractivity contribution in [1.29, 1.82) is 5.26 Å². The van der Waals surface area contributed by atoms with Crippen molar-refractivity contribution in [3.63, 3.8) is 0 Å². The lowest BCUT2D eigenvalue weighted by molar-refractivity contribution is -0.138. The molecule has 0 fully saturated rings. The van der Waals surface area contributed by atoms with Crippen LogP contribution < -0.4 is 4.74 Å². The molecule has 3 N–H and O–H groups in total. The predicted octanol–water partition coefficient (Wildman–Crippen LogP) is 5.35. The molecule has 0 unspecified atom stereocenters. The summed E-state index contributed by atoms with van der Waals surface area (Å²) >= 11 is 0. The lowest BCUT2D eigenvalue weighted by Gasteiger charge is -2.28. The van der Waals surface area contributed by atoms with Crippen molar-refractivity contribution in [3.05, 3.63) is 46.5 Å². The molecule has 2 aromatic rings. The number of rotatable bonds is 4. The average Bonchev–Trinajstić information content (AvgIpc) is 2.60. The molecule has 0 heterocycles. The Labute approximate surface area is 173 Å². The number of phenols is 3. The number of alkyl halides is 3. The van der Waals surface area contributed by atoms with Crippen LogP contribution in [0.15, 0.2) is 24.3 Å². The van der Waals surface area contributed by atoms with Gasteiger partial charge in [-0.3, -0.25) is 0 Å². The van der Waals surface area contributed by atoms with Crippen LogP contribution in [0, 0.1) is 11.3 Å². The molecule has 0 bridgehead atoms. The van der Waals surface area contributed by atoms with E-state index in [1.807, 2.05) is 26.8 Å². The Morgan fingerprint density at radius 2 is 1.40 bits per heavy atom. The van der Waals surface area contributed by atoms with E-state index >= 15 is 0 Å². The van der Waals surface area contributed by atoms with Gasteiger partial charge in [-0.25, -0.2) is 0 Å². The van der Waals surface area contributed by atoms with Gasteiger partial charge in [-0.15, -0.1) is 0 Å². The number of nitriles is 1. The molecule has 30 heavy (non-hydrogen) atoms. The molecule has 0 aliphatic heterocycles. The fourth-order valence-corrected chi connectivity index (χ4v) is 3.23. The number of ether oxygens (including phenoxy) is 1. The van der Waals surface area contributed by atoms with Crippen LogP contribution >= 0.6 is 0 Å². The smallest absolute Gasteiger partial charge is 0.420 e. The lowest BCUT2D eigenvalue weighted by Crippen LogP contribution is -2.27. The summed E-state index contributed by atoms with van der Waals surface area (Å²) in [7, 11) is 0. The molecule has 2 rings (SSSR count). The van der Waals surface area contributed by atoms with Gasteiger partial charge in [-0.05, 0) is 23.6 Å². The third-order valence-corrected chi connectivity index (χ3v) is 4.79. The summed E-state index contributed by atoms with van der Waals surface area (Å²) in [4.78, 5) is 0. The van der Waals surface area contributed by atoms with E-state index in [-0.39, 0.29) is 23.7 Å². The van der Waals surface area contributed by atoms with Crippen LogP contribution in [0.2, 0.25) is 0 Å². The fraction of sp³-hybridized carbons (Fsp3) is 0.409. The number of hydrogen-bond donors (Lipinski definition) is 3. The number of nitrogens with zero attached hydrogens (tertiary/aromatic N) is 1. The van der Waals surface area contributed by atoms with Crippen LogP contribution in [0.1, 0.15) is 56.9 Å².